The molecule has 1 heterocycles. The number of nitro benzene ring substituents is 1. The number of rotatable bonds is 4. The van der Waals surface area contributed by atoms with E-state index in [0.29, 0.717) is 31.2 Å². The van der Waals surface area contributed by atoms with E-state index in [4.69, 9.17) is 16.3 Å². The normalized spacial score (nSPS) is 14.2. The van der Waals surface area contributed by atoms with Gasteiger partial charge in [0, 0.05) is 49.0 Å². The number of ether oxygens (including phenoxy) is 1. The molecule has 0 N–H and O–H groups in total. The van der Waals surface area contributed by atoms with Crippen LogP contribution >= 0.6 is 11.6 Å². The minimum absolute atomic E-state index is 0.0482. The molecule has 0 unspecified atom stereocenters. The van der Waals surface area contributed by atoms with Crippen molar-refractivity contribution in [1.82, 2.24) is 4.90 Å². The Bertz CT molecular complexity index is 885. The summed E-state index contributed by atoms with van der Waals surface area (Å²) in [6.45, 7) is 1.80. The fourth-order valence-electron chi connectivity index (χ4n) is 3.01. The maximum Gasteiger partial charge on any atom is 0.311 e. The lowest BCUT2D eigenvalue weighted by Crippen LogP contribution is -2.49. The predicted octanol–water partition coefficient (Wildman–Crippen LogP) is 3.36. The Morgan fingerprint density at radius 1 is 1.19 bits per heavy atom. The Morgan fingerprint density at radius 2 is 1.89 bits per heavy atom. The van der Waals surface area contributed by atoms with Crippen molar-refractivity contribution in [3.05, 3.63) is 62.9 Å². The molecule has 1 saturated heterocycles. The summed E-state index contributed by atoms with van der Waals surface area (Å²) < 4.78 is 19.0. The topological polar surface area (TPSA) is 75.9 Å². The largest absolute Gasteiger partial charge is 0.490 e. The quantitative estimate of drug-likeness (QED) is 0.588. The van der Waals surface area contributed by atoms with Crippen LogP contribution in [0.3, 0.4) is 0 Å². The lowest BCUT2D eigenvalue weighted by atomic mass is 10.1. The van der Waals surface area contributed by atoms with Gasteiger partial charge in [-0.05, 0) is 24.3 Å². The summed E-state index contributed by atoms with van der Waals surface area (Å²) in [4.78, 5) is 26.6. The number of nitro groups is 1. The average molecular weight is 394 g/mol. The van der Waals surface area contributed by atoms with Gasteiger partial charge in [0.15, 0.2) is 5.75 Å². The summed E-state index contributed by atoms with van der Waals surface area (Å²) in [5, 5.41) is 11.3. The van der Waals surface area contributed by atoms with Crippen LogP contribution in [0, 0.1) is 15.9 Å². The van der Waals surface area contributed by atoms with E-state index in [9.17, 15) is 19.3 Å². The van der Waals surface area contributed by atoms with E-state index in [1.807, 2.05) is 4.90 Å². The van der Waals surface area contributed by atoms with Crippen LogP contribution < -0.4 is 9.64 Å². The average Bonchev–Trinajstić information content (AvgIpc) is 2.68. The van der Waals surface area contributed by atoms with Crippen molar-refractivity contribution in [3.8, 4) is 5.75 Å². The Labute approximate surface area is 160 Å². The van der Waals surface area contributed by atoms with Crippen molar-refractivity contribution in [2.45, 2.75) is 0 Å². The number of carbonyl (C=O) groups excluding carboxylic acids is 1. The minimum atomic E-state index is -0.605. The van der Waals surface area contributed by atoms with Crippen molar-refractivity contribution >= 4 is 28.9 Å². The molecule has 2 aromatic rings. The summed E-state index contributed by atoms with van der Waals surface area (Å²) in [5.74, 6) is -0.833. The van der Waals surface area contributed by atoms with E-state index in [1.54, 1.807) is 17.0 Å². The van der Waals surface area contributed by atoms with E-state index < -0.39 is 16.6 Å². The Kier molecular flexibility index (Phi) is 5.46. The van der Waals surface area contributed by atoms with E-state index in [-0.39, 0.29) is 17.0 Å². The second kappa shape index (κ2) is 7.79. The molecular formula is C18H17ClFN3O4. The van der Waals surface area contributed by atoms with Crippen molar-refractivity contribution in [2.24, 2.45) is 0 Å². The third-order valence-electron chi connectivity index (χ3n) is 4.45. The molecule has 0 aliphatic carbocycles. The van der Waals surface area contributed by atoms with Crippen LogP contribution in [0.5, 0.6) is 5.75 Å². The molecule has 0 bridgehead atoms. The maximum atomic E-state index is 13.9. The van der Waals surface area contributed by atoms with Crippen LogP contribution in [0.4, 0.5) is 15.8 Å². The monoisotopic (exact) mass is 393 g/mol. The first-order valence-corrected chi connectivity index (χ1v) is 8.60. The number of halogens is 2. The molecule has 3 rings (SSSR count). The van der Waals surface area contributed by atoms with Crippen LogP contribution in [0.2, 0.25) is 5.02 Å². The minimum Gasteiger partial charge on any atom is -0.490 e. The van der Waals surface area contributed by atoms with Gasteiger partial charge >= 0.3 is 5.69 Å². The molecule has 1 amide bonds. The molecule has 7 nitrogen and oxygen atoms in total. The molecule has 0 radical (unpaired) electrons. The maximum absolute atomic E-state index is 13.9. The zero-order valence-corrected chi connectivity index (χ0v) is 15.3. The van der Waals surface area contributed by atoms with Crippen molar-refractivity contribution in [3.63, 3.8) is 0 Å². The number of piperazine rings is 1. The van der Waals surface area contributed by atoms with Crippen LogP contribution in [0.25, 0.3) is 0 Å². The lowest BCUT2D eigenvalue weighted by Gasteiger charge is -2.36. The fourth-order valence-corrected chi connectivity index (χ4v) is 3.19. The van der Waals surface area contributed by atoms with Crippen molar-refractivity contribution in [1.29, 1.82) is 0 Å². The second-order valence-electron chi connectivity index (χ2n) is 6.02. The lowest BCUT2D eigenvalue weighted by molar-refractivity contribution is -0.385. The first kappa shape index (κ1) is 18.9. The molecule has 1 aliphatic heterocycles. The third-order valence-corrected chi connectivity index (χ3v) is 4.69. The predicted molar refractivity (Wildman–Crippen MR) is 99.2 cm³/mol. The first-order chi connectivity index (χ1) is 12.9. The van der Waals surface area contributed by atoms with Crippen LogP contribution in [-0.4, -0.2) is 49.0 Å². The first-order valence-electron chi connectivity index (χ1n) is 8.22. The van der Waals surface area contributed by atoms with Gasteiger partial charge in [-0.25, -0.2) is 4.39 Å². The van der Waals surface area contributed by atoms with Gasteiger partial charge < -0.3 is 14.5 Å². The zero-order chi connectivity index (χ0) is 19.6. The summed E-state index contributed by atoms with van der Waals surface area (Å²) in [7, 11) is 1.38. The SMILES string of the molecule is COc1cc(N2CCN(C(=O)c3cc(Cl)ccc3F)CC2)ccc1[N+](=O)[O-]. The summed E-state index contributed by atoms with van der Waals surface area (Å²) in [6, 6.07) is 8.55. The van der Waals surface area contributed by atoms with Gasteiger partial charge in [-0.2, -0.15) is 0 Å². The van der Waals surface area contributed by atoms with Gasteiger partial charge in [0.2, 0.25) is 0 Å². The van der Waals surface area contributed by atoms with Crippen LogP contribution in [-0.2, 0) is 0 Å². The highest BCUT2D eigenvalue weighted by Gasteiger charge is 2.25. The van der Waals surface area contributed by atoms with Gasteiger partial charge in [-0.1, -0.05) is 11.6 Å². The molecule has 0 saturated carbocycles. The van der Waals surface area contributed by atoms with Gasteiger partial charge in [0.1, 0.15) is 5.82 Å². The van der Waals surface area contributed by atoms with E-state index in [2.05, 4.69) is 0 Å². The summed E-state index contributed by atoms with van der Waals surface area (Å²) >= 11 is 5.86. The molecule has 9 heteroatoms. The molecule has 0 atom stereocenters. The number of amides is 1. The second-order valence-corrected chi connectivity index (χ2v) is 6.45. The Morgan fingerprint density at radius 3 is 2.52 bits per heavy atom. The number of benzene rings is 2. The Balaban J connectivity index is 1.71. The Hall–Kier alpha value is -2.87. The van der Waals surface area contributed by atoms with Crippen molar-refractivity contribution in [2.75, 3.05) is 38.2 Å². The number of nitrogens with zero attached hydrogens (tertiary/aromatic N) is 3. The number of anilines is 1. The molecule has 1 aliphatic rings. The highest BCUT2D eigenvalue weighted by molar-refractivity contribution is 6.31. The highest BCUT2D eigenvalue weighted by Crippen LogP contribution is 2.32. The van der Waals surface area contributed by atoms with Gasteiger partial charge in [-0.3, -0.25) is 14.9 Å². The summed E-state index contributed by atoms with van der Waals surface area (Å²) in [6.07, 6.45) is 0. The summed E-state index contributed by atoms with van der Waals surface area (Å²) in [5.41, 5.74) is 0.609. The van der Waals surface area contributed by atoms with Gasteiger partial charge in [0.25, 0.3) is 5.91 Å². The van der Waals surface area contributed by atoms with Crippen LogP contribution in [0.15, 0.2) is 36.4 Å². The molecular weight excluding hydrogens is 377 g/mol. The number of carbonyl (C=O) groups is 1. The van der Waals surface area contributed by atoms with E-state index >= 15 is 0 Å². The van der Waals surface area contributed by atoms with Crippen molar-refractivity contribution < 1.29 is 18.8 Å². The highest BCUT2D eigenvalue weighted by atomic mass is 35.5. The van der Waals surface area contributed by atoms with E-state index in [1.165, 1.54) is 31.4 Å². The van der Waals surface area contributed by atoms with Gasteiger partial charge in [0.05, 0.1) is 17.6 Å². The van der Waals surface area contributed by atoms with E-state index in [0.717, 1.165) is 5.69 Å². The molecule has 27 heavy (non-hydrogen) atoms. The number of hydrogen-bond donors (Lipinski definition) is 0. The number of methoxy groups -OCH3 is 1. The third kappa shape index (κ3) is 3.95. The standard InChI is InChI=1S/C18H17ClFN3O4/c1-27-17-11-13(3-5-16(17)23(25)26)21-6-8-22(9-7-21)18(24)14-10-12(19)2-4-15(14)20/h2-5,10-11H,6-9H2,1H3. The molecule has 0 aromatic heterocycles. The molecule has 142 valence electrons. The molecule has 1 fully saturated rings. The molecule has 0 spiro atoms. The van der Waals surface area contributed by atoms with Gasteiger partial charge in [-0.15, -0.1) is 0 Å². The molecule has 2 aromatic carbocycles. The fraction of sp³-hybridized carbons (Fsp3) is 0.278. The number of hydrogen-bond acceptors (Lipinski definition) is 5. The smallest absolute Gasteiger partial charge is 0.311 e. The zero-order valence-electron chi connectivity index (χ0n) is 14.5. The van der Waals surface area contributed by atoms with Crippen LogP contribution in [0.1, 0.15) is 10.4 Å².